The second-order valence-electron chi connectivity index (χ2n) is 6.42. The summed E-state index contributed by atoms with van der Waals surface area (Å²) in [7, 11) is 1.44. The van der Waals surface area contributed by atoms with Gasteiger partial charge in [0.05, 0.1) is 23.9 Å². The summed E-state index contributed by atoms with van der Waals surface area (Å²) in [6.07, 6.45) is 3.22. The van der Waals surface area contributed by atoms with Crippen molar-refractivity contribution in [3.8, 4) is 0 Å². The molecule has 1 aliphatic rings. The first-order valence-corrected chi connectivity index (χ1v) is 8.70. The third-order valence-corrected chi connectivity index (χ3v) is 4.89. The Labute approximate surface area is 146 Å². The fourth-order valence-electron chi connectivity index (χ4n) is 3.65. The van der Waals surface area contributed by atoms with E-state index in [-0.39, 0.29) is 5.97 Å². The molecule has 2 N–H and O–H groups in total. The van der Waals surface area contributed by atoms with Gasteiger partial charge in [0.15, 0.2) is 0 Å². The molecule has 0 bridgehead atoms. The van der Waals surface area contributed by atoms with Crippen molar-refractivity contribution in [2.24, 2.45) is 0 Å². The molecular weight excluding hydrogens is 316 g/mol. The first-order chi connectivity index (χ1) is 12.3. The number of ether oxygens (including phenoxy) is 1. The fraction of sp³-hybridized carbons (Fsp3) is 0.368. The van der Waals surface area contributed by atoms with E-state index in [0.29, 0.717) is 18.7 Å². The van der Waals surface area contributed by atoms with Crippen molar-refractivity contribution in [1.29, 1.82) is 0 Å². The number of hydrogen-bond donors (Lipinski definition) is 2. The minimum absolute atomic E-state index is 0.239. The number of carbonyl (C=O) groups excluding carboxylic acids is 1. The number of nitrogens with zero attached hydrogens (tertiary/aromatic N) is 2. The van der Waals surface area contributed by atoms with Crippen molar-refractivity contribution in [3.63, 3.8) is 0 Å². The first kappa shape index (κ1) is 15.9. The number of aromatic nitrogens is 3. The van der Waals surface area contributed by atoms with E-state index >= 15 is 0 Å². The maximum Gasteiger partial charge on any atom is 0.339 e. The molecule has 0 atom stereocenters. The quantitative estimate of drug-likeness (QED) is 0.702. The minimum atomic E-state index is -0.239. The molecule has 0 saturated carbocycles. The largest absolute Gasteiger partial charge is 0.465 e. The predicted octanol–water partition coefficient (Wildman–Crippen LogP) is 2.78. The molecule has 2 aromatic heterocycles. The summed E-state index contributed by atoms with van der Waals surface area (Å²) in [6.45, 7) is 2.38. The number of fused-ring (bicyclic) bond motifs is 2. The fourth-order valence-corrected chi connectivity index (χ4v) is 3.65. The van der Waals surface area contributed by atoms with Gasteiger partial charge in [0.2, 0.25) is 0 Å². The number of methoxy groups -OCH3 is 1. The maximum atomic E-state index is 12.0. The van der Waals surface area contributed by atoms with E-state index < -0.39 is 0 Å². The van der Waals surface area contributed by atoms with Crippen LogP contribution in [0.3, 0.4) is 0 Å². The van der Waals surface area contributed by atoms with Gasteiger partial charge < -0.3 is 14.6 Å². The lowest BCUT2D eigenvalue weighted by atomic mass is 10.1. The molecule has 0 saturated heterocycles. The monoisotopic (exact) mass is 338 g/mol. The molecule has 1 aromatic carbocycles. The molecule has 0 radical (unpaired) electrons. The lowest BCUT2D eigenvalue weighted by Crippen LogP contribution is -2.19. The Hall–Kier alpha value is -2.60. The molecule has 0 aliphatic carbocycles. The maximum absolute atomic E-state index is 12.0. The molecule has 3 heterocycles. The van der Waals surface area contributed by atoms with Crippen molar-refractivity contribution in [1.82, 2.24) is 20.1 Å². The Bertz CT molecular complexity index is 909. The third-order valence-electron chi connectivity index (χ3n) is 4.89. The number of rotatable bonds is 5. The lowest BCUT2D eigenvalue weighted by Gasteiger charge is -2.19. The molecule has 130 valence electrons. The van der Waals surface area contributed by atoms with Crippen LogP contribution in [0.25, 0.3) is 10.9 Å². The van der Waals surface area contributed by atoms with Crippen molar-refractivity contribution in [2.45, 2.75) is 38.9 Å². The molecule has 3 aromatic rings. The van der Waals surface area contributed by atoms with Gasteiger partial charge in [-0.3, -0.25) is 5.10 Å². The number of benzene rings is 1. The second kappa shape index (κ2) is 6.72. The number of esters is 1. The van der Waals surface area contributed by atoms with E-state index in [0.717, 1.165) is 53.8 Å². The SMILES string of the molecule is COC(=O)c1cc(CNCc2[nH]nc3ccccc23)n2c1CCCC2. The van der Waals surface area contributed by atoms with Crippen molar-refractivity contribution < 1.29 is 9.53 Å². The van der Waals surface area contributed by atoms with Crippen LogP contribution in [-0.2, 0) is 30.8 Å². The summed E-state index contributed by atoms with van der Waals surface area (Å²) < 4.78 is 7.21. The van der Waals surface area contributed by atoms with E-state index in [1.165, 1.54) is 7.11 Å². The second-order valence-corrected chi connectivity index (χ2v) is 6.42. The van der Waals surface area contributed by atoms with Crippen LogP contribution in [-0.4, -0.2) is 27.8 Å². The molecule has 6 heteroatoms. The summed E-state index contributed by atoms with van der Waals surface area (Å²) in [5.74, 6) is -0.239. The molecule has 6 nitrogen and oxygen atoms in total. The predicted molar refractivity (Wildman–Crippen MR) is 95.3 cm³/mol. The van der Waals surface area contributed by atoms with Crippen LogP contribution >= 0.6 is 0 Å². The number of nitrogens with one attached hydrogen (secondary N) is 2. The van der Waals surface area contributed by atoms with Crippen LogP contribution in [0, 0.1) is 0 Å². The average Bonchev–Trinajstić information content (AvgIpc) is 3.23. The zero-order valence-electron chi connectivity index (χ0n) is 14.3. The van der Waals surface area contributed by atoms with E-state index in [1.54, 1.807) is 0 Å². The Balaban J connectivity index is 1.51. The van der Waals surface area contributed by atoms with Gasteiger partial charge in [0.1, 0.15) is 0 Å². The molecule has 1 aliphatic heterocycles. The smallest absolute Gasteiger partial charge is 0.339 e. The summed E-state index contributed by atoms with van der Waals surface area (Å²) in [6, 6.07) is 10.1. The highest BCUT2D eigenvalue weighted by Gasteiger charge is 2.22. The normalized spacial score (nSPS) is 13.8. The Morgan fingerprint density at radius 2 is 2.20 bits per heavy atom. The minimum Gasteiger partial charge on any atom is -0.465 e. The topological polar surface area (TPSA) is 71.9 Å². The number of carbonyl (C=O) groups is 1. The average molecular weight is 338 g/mol. The molecule has 4 rings (SSSR count). The highest BCUT2D eigenvalue weighted by Crippen LogP contribution is 2.24. The molecule has 0 unspecified atom stereocenters. The van der Waals surface area contributed by atoms with E-state index in [9.17, 15) is 4.79 Å². The molecule has 0 spiro atoms. The third kappa shape index (κ3) is 2.93. The highest BCUT2D eigenvalue weighted by atomic mass is 16.5. The summed E-state index contributed by atoms with van der Waals surface area (Å²) in [5, 5.41) is 12.0. The van der Waals surface area contributed by atoms with Gasteiger partial charge in [0, 0.05) is 36.4 Å². The lowest BCUT2D eigenvalue weighted by molar-refractivity contribution is 0.0599. The molecule has 25 heavy (non-hydrogen) atoms. The van der Waals surface area contributed by atoms with Crippen molar-refractivity contribution in [3.05, 3.63) is 53.0 Å². The van der Waals surface area contributed by atoms with Gasteiger partial charge in [0.25, 0.3) is 0 Å². The number of aromatic amines is 1. The van der Waals surface area contributed by atoms with Gasteiger partial charge >= 0.3 is 5.97 Å². The number of H-pyrrole nitrogens is 1. The summed E-state index contributed by atoms with van der Waals surface area (Å²) in [4.78, 5) is 12.0. The van der Waals surface area contributed by atoms with Gasteiger partial charge in [-0.1, -0.05) is 18.2 Å². The van der Waals surface area contributed by atoms with Crippen LogP contribution in [0.4, 0.5) is 0 Å². The van der Waals surface area contributed by atoms with Crippen LogP contribution in [0.15, 0.2) is 30.3 Å². The Morgan fingerprint density at radius 3 is 3.08 bits per heavy atom. The van der Waals surface area contributed by atoms with Gasteiger partial charge in [-0.15, -0.1) is 0 Å². The standard InChI is InChI=1S/C19H22N4O2/c1-25-19(24)15-10-13(23-9-5-4-8-18(15)23)11-20-12-17-14-6-2-3-7-16(14)21-22-17/h2-3,6-7,10,20H,4-5,8-9,11-12H2,1H3,(H,21,22). The first-order valence-electron chi connectivity index (χ1n) is 8.70. The van der Waals surface area contributed by atoms with Crippen LogP contribution in [0.1, 0.15) is 40.3 Å². The van der Waals surface area contributed by atoms with E-state index in [4.69, 9.17) is 4.74 Å². The molecule has 0 fully saturated rings. The number of para-hydroxylation sites is 1. The van der Waals surface area contributed by atoms with E-state index in [2.05, 4.69) is 26.1 Å². The van der Waals surface area contributed by atoms with Gasteiger partial charge in [-0.2, -0.15) is 5.10 Å². The van der Waals surface area contributed by atoms with Crippen molar-refractivity contribution >= 4 is 16.9 Å². The van der Waals surface area contributed by atoms with Gasteiger partial charge in [-0.05, 0) is 31.4 Å². The van der Waals surface area contributed by atoms with Crippen LogP contribution < -0.4 is 5.32 Å². The highest BCUT2D eigenvalue weighted by molar-refractivity contribution is 5.91. The summed E-state index contributed by atoms with van der Waals surface area (Å²) in [5.41, 5.74) is 5.02. The molecule has 0 amide bonds. The van der Waals surface area contributed by atoms with Crippen LogP contribution in [0.5, 0.6) is 0 Å². The Kier molecular flexibility index (Phi) is 4.28. The Morgan fingerprint density at radius 1 is 1.32 bits per heavy atom. The van der Waals surface area contributed by atoms with E-state index in [1.807, 2.05) is 24.3 Å². The number of hydrogen-bond acceptors (Lipinski definition) is 4. The zero-order valence-corrected chi connectivity index (χ0v) is 14.3. The van der Waals surface area contributed by atoms with Gasteiger partial charge in [-0.25, -0.2) is 4.79 Å². The summed E-state index contributed by atoms with van der Waals surface area (Å²) >= 11 is 0. The van der Waals surface area contributed by atoms with Crippen LogP contribution in [0.2, 0.25) is 0 Å². The zero-order chi connectivity index (χ0) is 17.2. The van der Waals surface area contributed by atoms with Crippen molar-refractivity contribution in [2.75, 3.05) is 7.11 Å². The molecular formula is C19H22N4O2.